The molecule has 9 rings (SSSR count). The number of rotatable bonds is 11. The molecule has 2 N–H and O–H groups in total. The number of hydrogen-bond acceptors (Lipinski definition) is 8. The van der Waals surface area contributed by atoms with Gasteiger partial charge in [-0.05, 0) is 72.5 Å². The zero-order valence-corrected chi connectivity index (χ0v) is 34.5. The highest BCUT2D eigenvalue weighted by Gasteiger charge is 2.67. The number of pyridine rings is 1. The molecule has 21 heteroatoms. The standard InChI is InChI=1S/C40H28Cl3F6N9O2S/c1-56-33-28(8-6-24(42)31(33)37(54-56)55-61-2)58-38(52-36-21(39(58)60)5-7-26(51-36)20-4-3-17(41)12-25(20)43)27(11-16-9-18(44)13-19(45)10-16)50-29(59)15-57-34-30(32(53-57)35(46)47)22-14-23(22)40(34,48)49/h3-10,12-13,22-23,27,35H,11,14-15H2,1-2H3,(H,50,59)(H,54,55). The Hall–Kier alpha value is -5.30. The Bertz CT molecular complexity index is 3010. The lowest BCUT2D eigenvalue weighted by Crippen LogP contribution is -2.38. The second-order valence-electron chi connectivity index (χ2n) is 14.7. The van der Waals surface area contributed by atoms with Crippen LogP contribution in [-0.2, 0) is 30.7 Å². The minimum atomic E-state index is -3.53. The van der Waals surface area contributed by atoms with Gasteiger partial charge in [0.1, 0.15) is 35.4 Å². The molecule has 0 spiro atoms. The highest BCUT2D eigenvalue weighted by Crippen LogP contribution is 2.68. The van der Waals surface area contributed by atoms with E-state index in [2.05, 4.69) is 25.2 Å². The number of carbonyl (C=O) groups is 1. The third kappa shape index (κ3) is 7.06. The Morgan fingerprint density at radius 3 is 2.44 bits per heavy atom. The Kier molecular flexibility index (Phi) is 10.3. The number of nitrogens with zero attached hydrogens (tertiary/aromatic N) is 7. The zero-order valence-electron chi connectivity index (χ0n) is 31.5. The van der Waals surface area contributed by atoms with Crippen molar-refractivity contribution in [1.82, 2.24) is 39.4 Å². The molecule has 314 valence electrons. The largest absolute Gasteiger partial charge is 0.344 e. The van der Waals surface area contributed by atoms with Gasteiger partial charge in [-0.25, -0.2) is 27.5 Å². The monoisotopic (exact) mass is 917 g/mol. The van der Waals surface area contributed by atoms with Gasteiger partial charge in [-0.1, -0.05) is 46.8 Å². The Morgan fingerprint density at radius 1 is 0.984 bits per heavy atom. The number of alkyl halides is 4. The van der Waals surface area contributed by atoms with Crippen molar-refractivity contribution in [2.45, 2.75) is 43.7 Å². The van der Waals surface area contributed by atoms with Crippen molar-refractivity contribution in [2.24, 2.45) is 13.0 Å². The number of aryl methyl sites for hydroxylation is 1. The van der Waals surface area contributed by atoms with Crippen molar-refractivity contribution in [3.8, 4) is 16.9 Å². The van der Waals surface area contributed by atoms with Gasteiger partial charge in [-0.15, -0.1) is 0 Å². The summed E-state index contributed by atoms with van der Waals surface area (Å²) in [5.41, 5.74) is -1.48. The number of anilines is 1. The van der Waals surface area contributed by atoms with E-state index >= 15 is 8.78 Å². The van der Waals surface area contributed by atoms with Gasteiger partial charge in [0.2, 0.25) is 5.91 Å². The fourth-order valence-corrected chi connectivity index (χ4v) is 9.31. The Balaban J connectivity index is 1.26. The molecule has 1 amide bonds. The molecule has 2 aliphatic carbocycles. The second-order valence-corrected chi connectivity index (χ2v) is 16.5. The van der Waals surface area contributed by atoms with Crippen LogP contribution in [0.4, 0.5) is 32.2 Å². The number of hydrogen-bond donors (Lipinski definition) is 2. The summed E-state index contributed by atoms with van der Waals surface area (Å²) >= 11 is 20.6. The van der Waals surface area contributed by atoms with Crippen LogP contribution in [0.3, 0.4) is 0 Å². The van der Waals surface area contributed by atoms with Crippen LogP contribution in [0.2, 0.25) is 15.1 Å². The molecule has 0 bridgehead atoms. The van der Waals surface area contributed by atoms with Crippen LogP contribution in [0.25, 0.3) is 38.9 Å². The maximum atomic E-state index is 15.5. The van der Waals surface area contributed by atoms with Gasteiger partial charge in [0.05, 0.1) is 43.8 Å². The maximum absolute atomic E-state index is 15.5. The van der Waals surface area contributed by atoms with Gasteiger partial charge in [0, 0.05) is 47.9 Å². The summed E-state index contributed by atoms with van der Waals surface area (Å²) in [7, 11) is 1.61. The first-order chi connectivity index (χ1) is 29.0. The molecule has 0 saturated heterocycles. The molecule has 3 unspecified atom stereocenters. The van der Waals surface area contributed by atoms with Crippen LogP contribution in [0.1, 0.15) is 53.1 Å². The number of aromatic nitrogens is 7. The summed E-state index contributed by atoms with van der Waals surface area (Å²) < 4.78 is 95.1. The van der Waals surface area contributed by atoms with Crippen molar-refractivity contribution in [3.05, 3.63) is 126 Å². The summed E-state index contributed by atoms with van der Waals surface area (Å²) in [5, 5.41) is 12.3. The molecule has 1 saturated carbocycles. The van der Waals surface area contributed by atoms with Crippen LogP contribution in [0, 0.1) is 17.6 Å². The van der Waals surface area contributed by atoms with Crippen molar-refractivity contribution >= 4 is 80.4 Å². The lowest BCUT2D eigenvalue weighted by Gasteiger charge is -2.24. The summed E-state index contributed by atoms with van der Waals surface area (Å²) in [6.45, 7) is -0.954. The van der Waals surface area contributed by atoms with E-state index in [1.165, 1.54) is 45.5 Å². The topological polar surface area (TPSA) is 125 Å². The van der Waals surface area contributed by atoms with Crippen molar-refractivity contribution in [1.29, 1.82) is 0 Å². The van der Waals surface area contributed by atoms with Gasteiger partial charge >= 0.3 is 0 Å². The quantitative estimate of drug-likeness (QED) is 0.0972. The van der Waals surface area contributed by atoms with E-state index in [1.54, 1.807) is 31.5 Å². The maximum Gasteiger partial charge on any atom is 0.293 e. The smallest absolute Gasteiger partial charge is 0.293 e. The van der Waals surface area contributed by atoms with Gasteiger partial charge in [0.15, 0.2) is 11.5 Å². The highest BCUT2D eigenvalue weighted by molar-refractivity contribution is 7.99. The predicted octanol–water partition coefficient (Wildman–Crippen LogP) is 9.71. The van der Waals surface area contributed by atoms with E-state index < -0.39 is 77.7 Å². The number of carbonyl (C=O) groups excluding carboxylic acids is 1. The Morgan fingerprint density at radius 2 is 1.74 bits per heavy atom. The molecule has 2 aliphatic rings. The van der Waals surface area contributed by atoms with Crippen LogP contribution in [0.15, 0.2) is 65.5 Å². The van der Waals surface area contributed by atoms with Gasteiger partial charge in [-0.3, -0.25) is 23.5 Å². The van der Waals surface area contributed by atoms with Crippen molar-refractivity contribution < 1.29 is 31.1 Å². The summed E-state index contributed by atoms with van der Waals surface area (Å²) in [6, 6.07) is 12.0. The first-order valence-electron chi connectivity index (χ1n) is 18.4. The van der Waals surface area contributed by atoms with Crippen LogP contribution >= 0.6 is 46.8 Å². The average Bonchev–Trinajstić information content (AvgIpc) is 3.72. The SMILES string of the molecule is CSNc1nn(C)c2c(-n3c(C(Cc4cc(F)cc(F)c4)NC(=O)Cn4nc(C(F)F)c5c4C(F)(F)C4CC54)nc4nc(-c5ccc(Cl)cc5Cl)ccc4c3=O)ccc(Cl)c12. The lowest BCUT2D eigenvalue weighted by atomic mass is 10.0. The summed E-state index contributed by atoms with van der Waals surface area (Å²) in [6.07, 6.45) is -1.83. The third-order valence-electron chi connectivity index (χ3n) is 10.8. The molecule has 3 atom stereocenters. The van der Waals surface area contributed by atoms with E-state index in [1.807, 2.05) is 0 Å². The molecular weight excluding hydrogens is 891 g/mol. The second kappa shape index (κ2) is 15.3. The lowest BCUT2D eigenvalue weighted by molar-refractivity contribution is -0.123. The zero-order chi connectivity index (χ0) is 43.2. The molecule has 7 aromatic rings. The van der Waals surface area contributed by atoms with Crippen LogP contribution in [-0.4, -0.2) is 46.3 Å². The molecule has 1 fully saturated rings. The fourth-order valence-electron chi connectivity index (χ4n) is 8.23. The molecule has 4 aromatic heterocycles. The fraction of sp³-hybridized carbons (Fsp3) is 0.250. The molecule has 61 heavy (non-hydrogen) atoms. The number of amides is 1. The molecule has 3 aromatic carbocycles. The summed E-state index contributed by atoms with van der Waals surface area (Å²) in [4.78, 5) is 38.6. The number of halogens is 9. The van der Waals surface area contributed by atoms with E-state index in [4.69, 9.17) is 39.8 Å². The first-order valence-corrected chi connectivity index (χ1v) is 20.8. The van der Waals surface area contributed by atoms with Crippen LogP contribution in [0.5, 0.6) is 0 Å². The Labute approximate surface area is 360 Å². The van der Waals surface area contributed by atoms with Gasteiger partial charge in [0.25, 0.3) is 17.9 Å². The predicted molar refractivity (Wildman–Crippen MR) is 220 cm³/mol. The van der Waals surface area contributed by atoms with E-state index in [0.717, 1.165) is 12.1 Å². The van der Waals surface area contributed by atoms with Gasteiger partial charge in [-0.2, -0.15) is 19.0 Å². The molecule has 4 heterocycles. The summed E-state index contributed by atoms with van der Waals surface area (Å²) in [5.74, 6) is -8.32. The highest BCUT2D eigenvalue weighted by atomic mass is 35.5. The normalized spacial score (nSPS) is 16.9. The third-order valence-corrected chi connectivity index (χ3v) is 12.1. The minimum Gasteiger partial charge on any atom is -0.344 e. The van der Waals surface area contributed by atoms with E-state index in [9.17, 15) is 27.2 Å². The van der Waals surface area contributed by atoms with E-state index in [0.29, 0.717) is 38.1 Å². The van der Waals surface area contributed by atoms with Crippen molar-refractivity contribution in [3.63, 3.8) is 0 Å². The molecular formula is C40H28Cl3F6N9O2S. The molecule has 0 aliphatic heterocycles. The number of fused-ring (bicyclic) bond motifs is 5. The average molecular weight is 919 g/mol. The minimum absolute atomic E-state index is 0.000350. The van der Waals surface area contributed by atoms with Crippen molar-refractivity contribution in [2.75, 3.05) is 11.0 Å². The molecule has 11 nitrogen and oxygen atoms in total. The number of benzene rings is 3. The van der Waals surface area contributed by atoms with E-state index in [-0.39, 0.29) is 55.8 Å². The number of nitrogens with one attached hydrogen (secondary N) is 2. The first kappa shape index (κ1) is 41.1. The van der Waals surface area contributed by atoms with Gasteiger partial charge < -0.3 is 10.0 Å². The molecule has 0 radical (unpaired) electrons. The van der Waals surface area contributed by atoms with Crippen LogP contribution < -0.4 is 15.6 Å².